The third-order valence-electron chi connectivity index (χ3n) is 7.91. The van der Waals surface area contributed by atoms with E-state index < -0.39 is 22.8 Å². The number of fused-ring (bicyclic) bond motifs is 1. The zero-order valence-electron chi connectivity index (χ0n) is 25.9. The quantitative estimate of drug-likeness (QED) is 0.178. The van der Waals surface area contributed by atoms with Crippen molar-refractivity contribution in [2.24, 2.45) is 0 Å². The van der Waals surface area contributed by atoms with Crippen LogP contribution in [0.4, 0.5) is 8.78 Å². The van der Waals surface area contributed by atoms with Crippen molar-refractivity contribution in [3.8, 4) is 34.3 Å². The third-order valence-corrected chi connectivity index (χ3v) is 7.91. The van der Waals surface area contributed by atoms with Gasteiger partial charge < -0.3 is 23.5 Å². The summed E-state index contributed by atoms with van der Waals surface area (Å²) in [6.45, 7) is 4.09. The van der Waals surface area contributed by atoms with Crippen LogP contribution in [-0.2, 0) is 17.7 Å². The lowest BCUT2D eigenvalue weighted by Crippen LogP contribution is -2.38. The van der Waals surface area contributed by atoms with Gasteiger partial charge in [0, 0.05) is 68.9 Å². The van der Waals surface area contributed by atoms with Crippen LogP contribution in [0.1, 0.15) is 15.9 Å². The monoisotopic (exact) mass is 642 g/mol. The van der Waals surface area contributed by atoms with Crippen molar-refractivity contribution in [1.29, 1.82) is 0 Å². The number of halogens is 2. The number of Topliss-reactive ketones (excluding diaryl/α,β-unsaturated/α-hetero) is 1. The van der Waals surface area contributed by atoms with E-state index >= 15 is 4.39 Å². The van der Waals surface area contributed by atoms with E-state index in [1.807, 2.05) is 0 Å². The lowest BCUT2D eigenvalue weighted by Gasteiger charge is -2.27. The molecule has 47 heavy (non-hydrogen) atoms. The van der Waals surface area contributed by atoms with Crippen molar-refractivity contribution < 1.29 is 32.5 Å². The van der Waals surface area contributed by atoms with Crippen molar-refractivity contribution in [3.05, 3.63) is 106 Å². The van der Waals surface area contributed by atoms with Crippen LogP contribution in [-0.4, -0.2) is 72.3 Å². The fraction of sp³-hybridized carbons (Fsp3) is 0.257. The Morgan fingerprint density at radius 3 is 2.43 bits per heavy atom. The van der Waals surface area contributed by atoms with Crippen molar-refractivity contribution in [2.75, 3.05) is 47.1 Å². The standard InChI is InChI=1S/C35H32F2N4O6/c1-44-32-19-28-33(39-35(32)45-2)31(9-10-38-28)47-30-8-3-22(17-27(30)37)18-29(42)26-21-41(12-11-40-13-15-46-16-14-40)20-25(34(26)43)23-4-6-24(36)7-5-23/h3-10,17,19-21H,11-16,18H2,1-2H3. The van der Waals surface area contributed by atoms with Crippen molar-refractivity contribution in [1.82, 2.24) is 19.4 Å². The second-order valence-corrected chi connectivity index (χ2v) is 11.0. The predicted octanol–water partition coefficient (Wildman–Crippen LogP) is 5.30. The summed E-state index contributed by atoms with van der Waals surface area (Å²) in [5.74, 6) is -0.853. The van der Waals surface area contributed by atoms with E-state index in [0.29, 0.717) is 54.2 Å². The fourth-order valence-electron chi connectivity index (χ4n) is 5.40. The Balaban J connectivity index is 1.25. The molecule has 10 nitrogen and oxygen atoms in total. The maximum absolute atomic E-state index is 15.4. The highest BCUT2D eigenvalue weighted by atomic mass is 19.1. The second kappa shape index (κ2) is 14.1. The largest absolute Gasteiger partial charge is 0.491 e. The average molecular weight is 643 g/mol. The number of methoxy groups -OCH3 is 2. The minimum absolute atomic E-state index is 0.0340. The number of ether oxygens (including phenoxy) is 4. The average Bonchev–Trinajstić information content (AvgIpc) is 3.09. The molecule has 0 aliphatic carbocycles. The third kappa shape index (κ3) is 7.13. The molecule has 3 aromatic heterocycles. The maximum atomic E-state index is 15.4. The van der Waals surface area contributed by atoms with Gasteiger partial charge >= 0.3 is 0 Å². The Morgan fingerprint density at radius 2 is 1.70 bits per heavy atom. The first-order chi connectivity index (χ1) is 22.8. The lowest BCUT2D eigenvalue weighted by molar-refractivity contribution is 0.0364. The summed E-state index contributed by atoms with van der Waals surface area (Å²) in [5.41, 5.74) is 1.42. The molecular weight excluding hydrogens is 610 g/mol. The molecule has 0 spiro atoms. The molecule has 1 aliphatic rings. The molecule has 0 unspecified atom stereocenters. The molecule has 6 rings (SSSR count). The molecule has 1 fully saturated rings. The molecular formula is C35H32F2N4O6. The highest BCUT2D eigenvalue weighted by Crippen LogP contribution is 2.34. The maximum Gasteiger partial charge on any atom is 0.257 e. The van der Waals surface area contributed by atoms with E-state index in [1.54, 1.807) is 29.0 Å². The van der Waals surface area contributed by atoms with Crippen LogP contribution in [0.25, 0.3) is 22.2 Å². The smallest absolute Gasteiger partial charge is 0.257 e. The molecule has 4 heterocycles. The summed E-state index contributed by atoms with van der Waals surface area (Å²) in [7, 11) is 2.94. The van der Waals surface area contributed by atoms with Crippen LogP contribution >= 0.6 is 0 Å². The fourth-order valence-corrected chi connectivity index (χ4v) is 5.40. The molecule has 0 saturated carbocycles. The molecule has 0 atom stereocenters. The highest BCUT2D eigenvalue weighted by molar-refractivity contribution is 5.98. The summed E-state index contributed by atoms with van der Waals surface area (Å²) in [5, 5.41) is 0. The van der Waals surface area contributed by atoms with Gasteiger partial charge in [0.2, 0.25) is 0 Å². The minimum Gasteiger partial charge on any atom is -0.491 e. The van der Waals surface area contributed by atoms with Gasteiger partial charge in [-0.2, -0.15) is 0 Å². The van der Waals surface area contributed by atoms with Gasteiger partial charge in [-0.1, -0.05) is 18.2 Å². The van der Waals surface area contributed by atoms with Crippen molar-refractivity contribution in [2.45, 2.75) is 13.0 Å². The van der Waals surface area contributed by atoms with E-state index in [4.69, 9.17) is 18.9 Å². The SMILES string of the molecule is COc1cc2nccc(Oc3ccc(CC(=O)c4cn(CCN5CCOCC5)cc(-c5ccc(F)cc5)c4=O)cc3F)c2nc1OC. The van der Waals surface area contributed by atoms with Gasteiger partial charge in [0.15, 0.2) is 34.3 Å². The Labute approximate surface area is 269 Å². The molecule has 2 aromatic carbocycles. The topological polar surface area (TPSA) is 105 Å². The van der Waals surface area contributed by atoms with Gasteiger partial charge in [0.1, 0.15) is 11.3 Å². The molecule has 0 N–H and O–H groups in total. The van der Waals surface area contributed by atoms with Gasteiger partial charge in [-0.15, -0.1) is 0 Å². The van der Waals surface area contributed by atoms with E-state index in [1.165, 1.54) is 63.0 Å². The number of hydrogen-bond acceptors (Lipinski definition) is 9. The van der Waals surface area contributed by atoms with Gasteiger partial charge in [0.25, 0.3) is 5.88 Å². The first-order valence-corrected chi connectivity index (χ1v) is 15.0. The molecule has 1 aliphatic heterocycles. The van der Waals surface area contributed by atoms with Gasteiger partial charge in [-0.25, -0.2) is 13.8 Å². The van der Waals surface area contributed by atoms with Crippen LogP contribution in [0, 0.1) is 11.6 Å². The summed E-state index contributed by atoms with van der Waals surface area (Å²) < 4.78 is 52.7. The number of rotatable bonds is 11. The van der Waals surface area contributed by atoms with Gasteiger partial charge in [0.05, 0.1) is 38.5 Å². The Kier molecular flexibility index (Phi) is 9.50. The van der Waals surface area contributed by atoms with Crippen LogP contribution in [0.3, 0.4) is 0 Å². The first kappa shape index (κ1) is 31.8. The van der Waals surface area contributed by atoms with Crippen LogP contribution in [0.5, 0.6) is 23.1 Å². The van der Waals surface area contributed by atoms with Crippen molar-refractivity contribution >= 4 is 16.8 Å². The molecule has 5 aromatic rings. The van der Waals surface area contributed by atoms with Gasteiger partial charge in [-0.05, 0) is 35.4 Å². The number of hydrogen-bond donors (Lipinski definition) is 0. The molecule has 12 heteroatoms. The van der Waals surface area contributed by atoms with E-state index in [-0.39, 0.29) is 34.9 Å². The Morgan fingerprint density at radius 1 is 0.915 bits per heavy atom. The van der Waals surface area contributed by atoms with Crippen LogP contribution < -0.4 is 19.6 Å². The summed E-state index contributed by atoms with van der Waals surface area (Å²) >= 11 is 0. The zero-order valence-corrected chi connectivity index (χ0v) is 25.9. The predicted molar refractivity (Wildman–Crippen MR) is 171 cm³/mol. The van der Waals surface area contributed by atoms with E-state index in [0.717, 1.165) is 13.1 Å². The first-order valence-electron chi connectivity index (χ1n) is 15.0. The summed E-state index contributed by atoms with van der Waals surface area (Å²) in [6, 6.07) is 12.9. The number of nitrogens with zero attached hydrogens (tertiary/aromatic N) is 4. The summed E-state index contributed by atoms with van der Waals surface area (Å²) in [6.07, 6.45) is 4.50. The van der Waals surface area contributed by atoms with Crippen LogP contribution in [0.2, 0.25) is 0 Å². The molecule has 0 bridgehead atoms. The molecule has 242 valence electrons. The normalized spacial score (nSPS) is 13.4. The lowest BCUT2D eigenvalue weighted by atomic mass is 9.99. The number of pyridine rings is 3. The minimum atomic E-state index is -0.705. The number of ketones is 1. The molecule has 0 radical (unpaired) electrons. The number of carbonyl (C=O) groups excluding carboxylic acids is 1. The number of aromatic nitrogens is 3. The Hall–Kier alpha value is -5.20. The van der Waals surface area contributed by atoms with Crippen LogP contribution in [0.15, 0.2) is 78.0 Å². The number of carbonyl (C=O) groups is 1. The number of benzene rings is 2. The summed E-state index contributed by atoms with van der Waals surface area (Å²) in [4.78, 5) is 38.1. The van der Waals surface area contributed by atoms with E-state index in [9.17, 15) is 14.0 Å². The Bertz CT molecular complexity index is 1980. The molecule has 1 saturated heterocycles. The van der Waals surface area contributed by atoms with E-state index in [2.05, 4.69) is 14.9 Å². The number of morpholine rings is 1. The highest BCUT2D eigenvalue weighted by Gasteiger charge is 2.20. The second-order valence-electron chi connectivity index (χ2n) is 11.0. The van der Waals surface area contributed by atoms with Gasteiger partial charge in [-0.3, -0.25) is 19.5 Å². The van der Waals surface area contributed by atoms with Crippen molar-refractivity contribution in [3.63, 3.8) is 0 Å². The molecule has 0 amide bonds. The zero-order chi connectivity index (χ0) is 32.9.